The molecule has 6 rings (SSSR count). The molecule has 162 valence electrons. The predicted molar refractivity (Wildman–Crippen MR) is 128 cm³/mol. The van der Waals surface area contributed by atoms with Crippen molar-refractivity contribution in [2.75, 3.05) is 13.1 Å². The molecule has 2 aliphatic rings. The molecular formula is C26H26N4OS. The van der Waals surface area contributed by atoms with Crippen molar-refractivity contribution in [1.82, 2.24) is 20.5 Å². The fourth-order valence-corrected chi connectivity index (χ4v) is 6.19. The van der Waals surface area contributed by atoms with E-state index in [1.165, 1.54) is 21.5 Å². The molecule has 1 aliphatic heterocycles. The van der Waals surface area contributed by atoms with Crippen molar-refractivity contribution < 1.29 is 4.79 Å². The predicted octanol–water partition coefficient (Wildman–Crippen LogP) is 4.75. The van der Waals surface area contributed by atoms with Crippen LogP contribution in [0.25, 0.3) is 21.5 Å². The maximum Gasteiger partial charge on any atom is 0.136 e. The van der Waals surface area contributed by atoms with Gasteiger partial charge in [-0.3, -0.25) is 9.89 Å². The molecular weight excluding hydrogens is 416 g/mol. The number of carbonyl (C=O) groups is 1. The van der Waals surface area contributed by atoms with Crippen molar-refractivity contribution in [2.24, 2.45) is 11.8 Å². The smallest absolute Gasteiger partial charge is 0.136 e. The van der Waals surface area contributed by atoms with E-state index in [2.05, 4.69) is 69.0 Å². The summed E-state index contributed by atoms with van der Waals surface area (Å²) in [4.78, 5) is 17.8. The van der Waals surface area contributed by atoms with Gasteiger partial charge >= 0.3 is 0 Å². The van der Waals surface area contributed by atoms with Gasteiger partial charge < -0.3 is 5.32 Å². The molecule has 1 fully saturated rings. The molecule has 1 unspecified atom stereocenters. The molecule has 1 saturated heterocycles. The first-order chi connectivity index (χ1) is 15.8. The number of nitrogens with one attached hydrogen (secondary N) is 2. The topological polar surface area (TPSA) is 70.7 Å². The van der Waals surface area contributed by atoms with Gasteiger partial charge in [0.2, 0.25) is 0 Å². The zero-order valence-corrected chi connectivity index (χ0v) is 18.7. The number of hydrogen-bond acceptors (Lipinski definition) is 5. The molecule has 0 amide bonds. The average Bonchev–Trinajstić information content (AvgIpc) is 3.58. The van der Waals surface area contributed by atoms with E-state index in [1.54, 1.807) is 11.3 Å². The highest BCUT2D eigenvalue weighted by atomic mass is 32.1. The Morgan fingerprint density at radius 2 is 2.03 bits per heavy atom. The van der Waals surface area contributed by atoms with E-state index in [9.17, 15) is 4.79 Å². The Bertz CT molecular complexity index is 1260. The number of aromatic amines is 1. The van der Waals surface area contributed by atoms with E-state index in [4.69, 9.17) is 0 Å². The third-order valence-corrected chi connectivity index (χ3v) is 8.03. The lowest BCUT2D eigenvalue weighted by Gasteiger charge is -2.24. The van der Waals surface area contributed by atoms with E-state index in [0.717, 1.165) is 49.1 Å². The molecule has 5 nitrogen and oxygen atoms in total. The highest BCUT2D eigenvalue weighted by Crippen LogP contribution is 2.36. The standard InChI is InChI=1S/C26H26N4OS/c31-24(11-19-13-27-14-21(19)16-4-2-1-3-5-16)17-6-8-22-20(10-17)26(30-29-22)18-7-9-23-25(12-18)32-15-28-23/h1-5,7,9,12,15,17,19,21,27H,6,8,10-11,13-14H2,(H,29,30)/t17?,19-,21+/m0/s1. The van der Waals surface area contributed by atoms with Crippen LogP contribution in [0.5, 0.6) is 0 Å². The van der Waals surface area contributed by atoms with E-state index in [-0.39, 0.29) is 5.92 Å². The Labute approximate surface area is 191 Å². The Morgan fingerprint density at radius 3 is 2.94 bits per heavy atom. The van der Waals surface area contributed by atoms with Gasteiger partial charge in [0.25, 0.3) is 0 Å². The molecule has 2 aromatic heterocycles. The molecule has 0 saturated carbocycles. The number of Topliss-reactive ketones (excluding diaryl/α,β-unsaturated/α-hetero) is 1. The zero-order chi connectivity index (χ0) is 21.5. The number of aryl methyl sites for hydroxylation is 1. The van der Waals surface area contributed by atoms with Gasteiger partial charge in [-0.2, -0.15) is 5.10 Å². The van der Waals surface area contributed by atoms with Gasteiger partial charge in [0, 0.05) is 41.6 Å². The molecule has 3 heterocycles. The van der Waals surface area contributed by atoms with Gasteiger partial charge in [-0.15, -0.1) is 11.3 Å². The normalized spacial score (nSPS) is 22.8. The molecule has 2 N–H and O–H groups in total. The van der Waals surface area contributed by atoms with Crippen molar-refractivity contribution in [3.8, 4) is 11.3 Å². The van der Waals surface area contributed by atoms with Crippen molar-refractivity contribution in [3.05, 3.63) is 70.9 Å². The van der Waals surface area contributed by atoms with Crippen molar-refractivity contribution >= 4 is 27.3 Å². The van der Waals surface area contributed by atoms with Gasteiger partial charge in [-0.05, 0) is 49.4 Å². The lowest BCUT2D eigenvalue weighted by molar-refractivity contribution is -0.124. The minimum absolute atomic E-state index is 0.0861. The maximum atomic E-state index is 13.4. The van der Waals surface area contributed by atoms with Crippen LogP contribution >= 0.6 is 11.3 Å². The Morgan fingerprint density at radius 1 is 1.12 bits per heavy atom. The fourth-order valence-electron chi connectivity index (χ4n) is 5.47. The lowest BCUT2D eigenvalue weighted by atomic mass is 9.78. The summed E-state index contributed by atoms with van der Waals surface area (Å²) in [6, 6.07) is 17.0. The first-order valence-electron chi connectivity index (χ1n) is 11.4. The van der Waals surface area contributed by atoms with E-state index < -0.39 is 0 Å². The largest absolute Gasteiger partial charge is 0.316 e. The van der Waals surface area contributed by atoms with Crippen molar-refractivity contribution in [3.63, 3.8) is 0 Å². The summed E-state index contributed by atoms with van der Waals surface area (Å²) in [6.45, 7) is 1.89. The van der Waals surface area contributed by atoms with Gasteiger partial charge in [0.05, 0.1) is 21.4 Å². The van der Waals surface area contributed by atoms with Gasteiger partial charge in [-0.25, -0.2) is 4.98 Å². The first-order valence-corrected chi connectivity index (χ1v) is 12.3. The highest BCUT2D eigenvalue weighted by Gasteiger charge is 2.34. The number of benzene rings is 2. The molecule has 2 aromatic carbocycles. The van der Waals surface area contributed by atoms with E-state index in [1.807, 2.05) is 5.51 Å². The number of ketones is 1. The summed E-state index contributed by atoms with van der Waals surface area (Å²) >= 11 is 1.65. The molecule has 3 atom stereocenters. The molecule has 32 heavy (non-hydrogen) atoms. The van der Waals surface area contributed by atoms with E-state index >= 15 is 0 Å². The van der Waals surface area contributed by atoms with Crippen LogP contribution < -0.4 is 5.32 Å². The van der Waals surface area contributed by atoms with Crippen molar-refractivity contribution in [1.29, 1.82) is 0 Å². The molecule has 0 bridgehead atoms. The summed E-state index contributed by atoms with van der Waals surface area (Å²) in [5, 5.41) is 11.4. The molecule has 0 radical (unpaired) electrons. The molecule has 0 spiro atoms. The highest BCUT2D eigenvalue weighted by molar-refractivity contribution is 7.16. The third-order valence-electron chi connectivity index (χ3n) is 7.24. The van der Waals surface area contributed by atoms with Crippen LogP contribution in [0.3, 0.4) is 0 Å². The second-order valence-electron chi connectivity index (χ2n) is 9.11. The van der Waals surface area contributed by atoms with Gasteiger partial charge in [0.1, 0.15) is 5.78 Å². The zero-order valence-electron chi connectivity index (χ0n) is 17.9. The second-order valence-corrected chi connectivity index (χ2v) is 10.00. The van der Waals surface area contributed by atoms with Gasteiger partial charge in [-0.1, -0.05) is 36.4 Å². The Balaban J connectivity index is 1.20. The minimum Gasteiger partial charge on any atom is -0.316 e. The Hall–Kier alpha value is -2.83. The number of rotatable bonds is 5. The number of thiazole rings is 1. The van der Waals surface area contributed by atoms with Crippen LogP contribution in [0.2, 0.25) is 0 Å². The quantitative estimate of drug-likeness (QED) is 0.468. The van der Waals surface area contributed by atoms with Gasteiger partial charge in [0.15, 0.2) is 0 Å². The monoisotopic (exact) mass is 442 g/mol. The van der Waals surface area contributed by atoms with E-state index in [0.29, 0.717) is 24.0 Å². The molecule has 6 heteroatoms. The number of fused-ring (bicyclic) bond motifs is 2. The minimum atomic E-state index is 0.0861. The molecule has 1 aliphatic carbocycles. The number of carbonyl (C=O) groups excluding carboxylic acids is 1. The van der Waals surface area contributed by atoms with Crippen LogP contribution in [0, 0.1) is 11.8 Å². The summed E-state index contributed by atoms with van der Waals surface area (Å²) in [5.41, 5.74) is 8.77. The van der Waals surface area contributed by atoms with Crippen LogP contribution in [0.1, 0.15) is 35.6 Å². The number of nitrogens with zero attached hydrogens (tertiary/aromatic N) is 2. The second kappa shape index (κ2) is 8.26. The summed E-state index contributed by atoms with van der Waals surface area (Å²) in [7, 11) is 0. The van der Waals surface area contributed by atoms with Crippen molar-refractivity contribution in [2.45, 2.75) is 31.6 Å². The van der Waals surface area contributed by atoms with Crippen LogP contribution in [-0.2, 0) is 17.6 Å². The summed E-state index contributed by atoms with van der Waals surface area (Å²) < 4.78 is 1.17. The SMILES string of the molecule is O=C(C[C@H]1CNC[C@@H]1c1ccccc1)C1CCc2[nH]nc(-c3ccc4ncsc4c3)c2C1. The third kappa shape index (κ3) is 3.57. The number of aromatic nitrogens is 3. The summed E-state index contributed by atoms with van der Waals surface area (Å²) in [5.74, 6) is 1.30. The van der Waals surface area contributed by atoms with Crippen LogP contribution in [-0.4, -0.2) is 34.1 Å². The fraction of sp³-hybridized carbons (Fsp3) is 0.346. The Kier molecular flexibility index (Phi) is 5.12. The lowest BCUT2D eigenvalue weighted by Crippen LogP contribution is -2.26. The first kappa shape index (κ1) is 19.8. The number of H-pyrrole nitrogens is 1. The maximum absolute atomic E-state index is 13.4. The van der Waals surface area contributed by atoms with Crippen LogP contribution in [0.15, 0.2) is 54.0 Å². The molecule has 4 aromatic rings. The van der Waals surface area contributed by atoms with Crippen LogP contribution in [0.4, 0.5) is 0 Å². The average molecular weight is 443 g/mol. The summed E-state index contributed by atoms with van der Waals surface area (Å²) in [6.07, 6.45) is 3.26. The number of hydrogen-bond donors (Lipinski definition) is 2.